The van der Waals surface area contributed by atoms with Crippen molar-refractivity contribution >= 4 is 22.8 Å². The van der Waals surface area contributed by atoms with Gasteiger partial charge >= 0.3 is 6.55 Å². The van der Waals surface area contributed by atoms with E-state index in [0.717, 1.165) is 61.7 Å². The number of alkyl halides is 2. The van der Waals surface area contributed by atoms with Crippen molar-refractivity contribution in [3.05, 3.63) is 30.7 Å². The third-order valence-corrected chi connectivity index (χ3v) is 7.52. The summed E-state index contributed by atoms with van der Waals surface area (Å²) in [5.74, 6) is 0.834. The highest BCUT2D eigenvalue weighted by Gasteiger charge is 2.31. The van der Waals surface area contributed by atoms with E-state index in [9.17, 15) is 13.6 Å². The van der Waals surface area contributed by atoms with Crippen LogP contribution in [0.15, 0.2) is 30.7 Å². The molecular weight excluding hydrogens is 484 g/mol. The third kappa shape index (κ3) is 4.71. The first-order chi connectivity index (χ1) is 18.0. The fraction of sp³-hybridized carbons (Fsp3) is 0.520. The predicted molar refractivity (Wildman–Crippen MR) is 132 cm³/mol. The fourth-order valence-electron chi connectivity index (χ4n) is 5.11. The number of nitrogens with zero attached hydrogens (tertiary/aromatic N) is 6. The molecule has 3 aromatic rings. The molecule has 37 heavy (non-hydrogen) atoms. The molecule has 6 rings (SSSR count). The summed E-state index contributed by atoms with van der Waals surface area (Å²) in [5, 5.41) is 2.78. The first-order valence-electron chi connectivity index (χ1n) is 12.6. The first kappa shape index (κ1) is 24.0. The summed E-state index contributed by atoms with van der Waals surface area (Å²) < 4.78 is 39.6. The maximum absolute atomic E-state index is 13.7. The minimum Gasteiger partial charge on any atom is -0.473 e. The second-order valence-electron chi connectivity index (χ2n) is 9.82. The average molecular weight is 514 g/mol. The van der Waals surface area contributed by atoms with Gasteiger partial charge in [0.25, 0.3) is 0 Å². The molecule has 1 amide bonds. The first-order valence-corrected chi connectivity index (χ1v) is 12.6. The summed E-state index contributed by atoms with van der Waals surface area (Å²) >= 11 is 0. The Morgan fingerprint density at radius 1 is 1.16 bits per heavy atom. The molecule has 0 aromatic carbocycles. The molecule has 0 saturated carbocycles. The zero-order valence-electron chi connectivity index (χ0n) is 20.5. The third-order valence-electron chi connectivity index (χ3n) is 7.52. The van der Waals surface area contributed by atoms with Gasteiger partial charge in [-0.1, -0.05) is 0 Å². The van der Waals surface area contributed by atoms with Crippen molar-refractivity contribution in [3.63, 3.8) is 0 Å². The maximum atomic E-state index is 13.7. The van der Waals surface area contributed by atoms with E-state index in [0.29, 0.717) is 30.2 Å². The van der Waals surface area contributed by atoms with Gasteiger partial charge in [-0.3, -0.25) is 14.3 Å². The Kier molecular flexibility index (Phi) is 6.37. The van der Waals surface area contributed by atoms with Crippen molar-refractivity contribution in [1.82, 2.24) is 29.7 Å². The van der Waals surface area contributed by atoms with Gasteiger partial charge in [0.05, 0.1) is 30.5 Å². The minimum absolute atomic E-state index is 0.0467. The molecule has 1 N–H and O–H groups in total. The van der Waals surface area contributed by atoms with Crippen LogP contribution in [0.3, 0.4) is 0 Å². The van der Waals surface area contributed by atoms with Crippen LogP contribution in [0.5, 0.6) is 5.88 Å². The number of carbonyl (C=O) groups excluding carboxylic acids is 1. The molecule has 12 heteroatoms. The number of rotatable bonds is 7. The van der Waals surface area contributed by atoms with Crippen LogP contribution < -0.4 is 15.0 Å². The van der Waals surface area contributed by atoms with E-state index in [1.807, 2.05) is 19.1 Å². The number of ether oxygens (including phenoxy) is 2. The average Bonchev–Trinajstić information content (AvgIpc) is 3.50. The number of carbonyl (C=O) groups is 1. The lowest BCUT2D eigenvalue weighted by molar-refractivity contribution is -0.119. The molecule has 196 valence electrons. The van der Waals surface area contributed by atoms with Gasteiger partial charge < -0.3 is 19.7 Å². The number of aromatic nitrogens is 4. The van der Waals surface area contributed by atoms with Crippen LogP contribution in [-0.4, -0.2) is 88.4 Å². The lowest BCUT2D eigenvalue weighted by Gasteiger charge is -2.42. The van der Waals surface area contributed by atoms with E-state index >= 15 is 0 Å². The van der Waals surface area contributed by atoms with E-state index in [1.54, 1.807) is 12.3 Å². The predicted octanol–water partition coefficient (Wildman–Crippen LogP) is 2.31. The lowest BCUT2D eigenvalue weighted by Crippen LogP contribution is -2.56. The standard InChI is InChI=1S/C25H29F2N7O3/c1-15(17-8-22(35)29-11-17)37-24-23-20(30-14-34(23)25(26)27)9-19(31-24)16-2-3-21(28-10-16)33-6-4-32(5-7-33)18-12-36-13-18/h2-3,9-10,14-15,17-18,25H,4-8,11-13H2,1H3,(H,29,35). The zero-order valence-corrected chi connectivity index (χ0v) is 20.5. The van der Waals surface area contributed by atoms with Crippen molar-refractivity contribution in [2.45, 2.75) is 32.0 Å². The molecule has 6 heterocycles. The molecule has 3 fully saturated rings. The van der Waals surface area contributed by atoms with Gasteiger partial charge in [-0.15, -0.1) is 0 Å². The quantitative estimate of drug-likeness (QED) is 0.514. The Morgan fingerprint density at radius 2 is 1.97 bits per heavy atom. The number of nitrogens with one attached hydrogen (secondary N) is 1. The summed E-state index contributed by atoms with van der Waals surface area (Å²) in [5.41, 5.74) is 1.75. The Hall–Kier alpha value is -3.38. The van der Waals surface area contributed by atoms with Crippen molar-refractivity contribution in [1.29, 1.82) is 0 Å². The molecule has 3 saturated heterocycles. The minimum atomic E-state index is -2.79. The molecular formula is C25H29F2N7O3. The summed E-state index contributed by atoms with van der Waals surface area (Å²) in [6.07, 6.45) is 2.76. The molecule has 0 radical (unpaired) electrons. The topological polar surface area (TPSA) is 97.6 Å². The summed E-state index contributed by atoms with van der Waals surface area (Å²) in [6.45, 7) is 4.89. The van der Waals surface area contributed by atoms with E-state index in [2.05, 4.69) is 30.1 Å². The van der Waals surface area contributed by atoms with Crippen molar-refractivity contribution in [3.8, 4) is 17.1 Å². The summed E-state index contributed by atoms with van der Waals surface area (Å²) in [4.78, 5) is 29.8. The number of halogens is 2. The monoisotopic (exact) mass is 513 g/mol. The Morgan fingerprint density at radius 3 is 2.59 bits per heavy atom. The number of pyridine rings is 2. The smallest absolute Gasteiger partial charge is 0.320 e. The largest absolute Gasteiger partial charge is 0.473 e. The van der Waals surface area contributed by atoms with Crippen molar-refractivity contribution < 1.29 is 23.0 Å². The molecule has 3 aliphatic rings. The highest BCUT2D eigenvalue weighted by molar-refractivity contribution is 5.84. The number of hydrogen-bond donors (Lipinski definition) is 1. The van der Waals surface area contributed by atoms with Gasteiger partial charge in [-0.05, 0) is 25.1 Å². The van der Waals surface area contributed by atoms with E-state index < -0.39 is 12.7 Å². The van der Waals surface area contributed by atoms with E-state index in [4.69, 9.17) is 9.47 Å². The molecule has 3 aliphatic heterocycles. The van der Waals surface area contributed by atoms with Gasteiger partial charge in [0.1, 0.15) is 23.8 Å². The molecule has 10 nitrogen and oxygen atoms in total. The molecule has 0 aliphatic carbocycles. The molecule has 0 bridgehead atoms. The Labute approximate surface area is 212 Å². The Bertz CT molecular complexity index is 1270. The highest BCUT2D eigenvalue weighted by Crippen LogP contribution is 2.33. The fourth-order valence-corrected chi connectivity index (χ4v) is 5.11. The van der Waals surface area contributed by atoms with Crippen LogP contribution in [0.25, 0.3) is 22.3 Å². The van der Waals surface area contributed by atoms with Gasteiger partial charge in [0, 0.05) is 56.8 Å². The molecule has 2 atom stereocenters. The van der Waals surface area contributed by atoms with Crippen LogP contribution in [0.1, 0.15) is 19.9 Å². The molecule has 3 aromatic heterocycles. The Balaban J connectivity index is 1.24. The zero-order chi connectivity index (χ0) is 25.5. The number of fused-ring (bicyclic) bond motifs is 1. The maximum Gasteiger partial charge on any atom is 0.320 e. The number of anilines is 1. The van der Waals surface area contributed by atoms with Gasteiger partial charge in [-0.25, -0.2) is 15.0 Å². The van der Waals surface area contributed by atoms with Crippen LogP contribution in [0, 0.1) is 5.92 Å². The number of piperazine rings is 1. The van der Waals surface area contributed by atoms with E-state index in [-0.39, 0.29) is 23.2 Å². The van der Waals surface area contributed by atoms with Crippen LogP contribution in [-0.2, 0) is 9.53 Å². The van der Waals surface area contributed by atoms with E-state index in [1.165, 1.54) is 0 Å². The number of imidazole rings is 1. The highest BCUT2D eigenvalue weighted by atomic mass is 19.3. The van der Waals surface area contributed by atoms with Crippen LogP contribution >= 0.6 is 0 Å². The molecule has 0 spiro atoms. The normalized spacial score (nSPS) is 21.9. The van der Waals surface area contributed by atoms with Gasteiger partial charge in [-0.2, -0.15) is 8.78 Å². The van der Waals surface area contributed by atoms with Crippen molar-refractivity contribution in [2.24, 2.45) is 5.92 Å². The number of amides is 1. The molecule has 2 unspecified atom stereocenters. The van der Waals surface area contributed by atoms with Gasteiger partial charge in [0.15, 0.2) is 0 Å². The summed E-state index contributed by atoms with van der Waals surface area (Å²) in [7, 11) is 0. The lowest BCUT2D eigenvalue weighted by atomic mass is 10.0. The van der Waals surface area contributed by atoms with Crippen LogP contribution in [0.2, 0.25) is 0 Å². The second-order valence-corrected chi connectivity index (χ2v) is 9.82. The SMILES string of the molecule is CC(Oc1nc(-c2ccc(N3CCN(C4COC4)CC3)nc2)cc2ncn(C(F)F)c12)C1CNC(=O)C1. The van der Waals surface area contributed by atoms with Gasteiger partial charge in [0.2, 0.25) is 11.8 Å². The van der Waals surface area contributed by atoms with Crippen molar-refractivity contribution in [2.75, 3.05) is 50.8 Å². The second kappa shape index (κ2) is 9.82. The summed E-state index contributed by atoms with van der Waals surface area (Å²) in [6, 6.07) is 6.10. The van der Waals surface area contributed by atoms with Crippen LogP contribution in [0.4, 0.5) is 14.6 Å². The number of hydrogen-bond acceptors (Lipinski definition) is 8.